The molecule has 0 nitrogen and oxygen atoms in total. The number of fused-ring (bicyclic) bond motifs is 1. The van der Waals surface area contributed by atoms with E-state index in [1.54, 1.807) is 11.1 Å². The first-order valence-electron chi connectivity index (χ1n) is 9.41. The highest BCUT2D eigenvalue weighted by Gasteiger charge is 2.35. The molecule has 0 bridgehead atoms. The van der Waals surface area contributed by atoms with Gasteiger partial charge in [-0.05, 0) is 47.8 Å². The quantitative estimate of drug-likeness (QED) is 0.536. The summed E-state index contributed by atoms with van der Waals surface area (Å²) in [7, 11) is 0. The first-order valence-corrected chi connectivity index (χ1v) is 9.41. The largest absolute Gasteiger partial charge is 0.0654 e. The summed E-state index contributed by atoms with van der Waals surface area (Å²) in [5, 5.41) is 0. The zero-order valence-corrected chi connectivity index (χ0v) is 14.7. The number of rotatable bonds is 5. The molecule has 0 saturated carbocycles. The molecule has 122 valence electrons. The van der Waals surface area contributed by atoms with E-state index in [4.69, 9.17) is 0 Å². The van der Waals surface area contributed by atoms with Crippen LogP contribution in [0.5, 0.6) is 0 Å². The molecule has 1 aliphatic rings. The molecule has 2 aromatic carbocycles. The molecule has 0 aromatic heterocycles. The molecule has 2 aromatic rings. The third-order valence-electron chi connectivity index (χ3n) is 6.00. The highest BCUT2D eigenvalue weighted by molar-refractivity contribution is 5.39. The Hall–Kier alpha value is -1.56. The van der Waals surface area contributed by atoms with Gasteiger partial charge >= 0.3 is 0 Å². The second kappa shape index (κ2) is 7.34. The molecule has 0 aliphatic heterocycles. The van der Waals surface area contributed by atoms with E-state index in [-0.39, 0.29) is 0 Å². The van der Waals surface area contributed by atoms with Crippen molar-refractivity contribution in [3.8, 4) is 0 Å². The summed E-state index contributed by atoms with van der Waals surface area (Å²) >= 11 is 0. The smallest absolute Gasteiger partial charge is 0.00973 e. The Balaban J connectivity index is 2.01. The van der Waals surface area contributed by atoms with Crippen molar-refractivity contribution in [2.75, 3.05) is 0 Å². The van der Waals surface area contributed by atoms with Crippen molar-refractivity contribution in [2.45, 2.75) is 64.7 Å². The predicted octanol–water partition coefficient (Wildman–Crippen LogP) is 6.74. The molecule has 0 fully saturated rings. The number of unbranched alkanes of at least 4 members (excludes halogenated alkanes) is 1. The lowest BCUT2D eigenvalue weighted by Gasteiger charge is -2.35. The highest BCUT2D eigenvalue weighted by Crippen LogP contribution is 2.48. The van der Waals surface area contributed by atoms with Gasteiger partial charge in [-0.1, -0.05) is 87.7 Å². The molecule has 0 spiro atoms. The van der Waals surface area contributed by atoms with Crippen LogP contribution in [-0.2, 0) is 6.42 Å². The summed E-state index contributed by atoms with van der Waals surface area (Å²) in [6.07, 6.45) is 9.28. The van der Waals surface area contributed by atoms with Crippen LogP contribution in [0.1, 0.15) is 75.0 Å². The fraction of sp³-hybridized carbons (Fsp3) is 0.478. The van der Waals surface area contributed by atoms with Crippen molar-refractivity contribution in [2.24, 2.45) is 5.41 Å². The molecule has 0 heteroatoms. The minimum absolute atomic E-state index is 0.509. The maximum Gasteiger partial charge on any atom is 0.00973 e. The maximum absolute atomic E-state index is 2.41. The Labute approximate surface area is 141 Å². The van der Waals surface area contributed by atoms with Gasteiger partial charge in [0.05, 0.1) is 0 Å². The lowest BCUT2D eigenvalue weighted by atomic mass is 9.70. The van der Waals surface area contributed by atoms with Gasteiger partial charge in [-0.25, -0.2) is 0 Å². The van der Waals surface area contributed by atoms with Crippen LogP contribution in [0.25, 0.3) is 0 Å². The maximum atomic E-state index is 2.41. The van der Waals surface area contributed by atoms with E-state index >= 15 is 0 Å². The molecule has 1 aliphatic carbocycles. The first kappa shape index (κ1) is 16.3. The topological polar surface area (TPSA) is 0 Å². The van der Waals surface area contributed by atoms with Gasteiger partial charge in [-0.15, -0.1) is 0 Å². The van der Waals surface area contributed by atoms with Gasteiger partial charge in [-0.2, -0.15) is 0 Å². The lowest BCUT2D eigenvalue weighted by molar-refractivity contribution is 0.199. The van der Waals surface area contributed by atoms with Crippen LogP contribution in [-0.4, -0.2) is 0 Å². The molecule has 0 radical (unpaired) electrons. The second-order valence-electron chi connectivity index (χ2n) is 7.32. The predicted molar refractivity (Wildman–Crippen MR) is 99.9 cm³/mol. The fourth-order valence-electron chi connectivity index (χ4n) is 4.41. The molecular formula is C23H30. The van der Waals surface area contributed by atoms with Crippen molar-refractivity contribution in [1.82, 2.24) is 0 Å². The van der Waals surface area contributed by atoms with Gasteiger partial charge in [0.2, 0.25) is 0 Å². The summed E-state index contributed by atoms with van der Waals surface area (Å²) < 4.78 is 0. The Kier molecular flexibility index (Phi) is 5.20. The fourth-order valence-corrected chi connectivity index (χ4v) is 4.41. The van der Waals surface area contributed by atoms with Crippen LogP contribution in [0.2, 0.25) is 0 Å². The Bertz CT molecular complexity index is 613. The van der Waals surface area contributed by atoms with E-state index in [1.165, 1.54) is 50.5 Å². The van der Waals surface area contributed by atoms with Gasteiger partial charge in [-0.3, -0.25) is 0 Å². The number of hydrogen-bond acceptors (Lipinski definition) is 0. The average molecular weight is 306 g/mol. The summed E-state index contributed by atoms with van der Waals surface area (Å²) in [6, 6.07) is 20.3. The van der Waals surface area contributed by atoms with E-state index in [0.29, 0.717) is 11.3 Å². The monoisotopic (exact) mass is 306 g/mol. The zero-order valence-electron chi connectivity index (χ0n) is 14.7. The van der Waals surface area contributed by atoms with Gasteiger partial charge in [0, 0.05) is 5.92 Å². The van der Waals surface area contributed by atoms with Gasteiger partial charge in [0.1, 0.15) is 0 Å². The summed E-state index contributed by atoms with van der Waals surface area (Å²) in [5.74, 6) is 0.562. The van der Waals surface area contributed by atoms with Gasteiger partial charge in [0.15, 0.2) is 0 Å². The Morgan fingerprint density at radius 2 is 1.70 bits per heavy atom. The minimum Gasteiger partial charge on any atom is -0.0654 e. The number of benzene rings is 2. The molecule has 3 rings (SSSR count). The zero-order chi connectivity index (χ0) is 16.1. The van der Waals surface area contributed by atoms with Crippen LogP contribution >= 0.6 is 0 Å². The Morgan fingerprint density at radius 1 is 0.957 bits per heavy atom. The molecule has 0 unspecified atom stereocenters. The van der Waals surface area contributed by atoms with E-state index in [9.17, 15) is 0 Å². The van der Waals surface area contributed by atoms with Crippen molar-refractivity contribution in [3.63, 3.8) is 0 Å². The van der Waals surface area contributed by atoms with Crippen LogP contribution in [0.4, 0.5) is 0 Å². The second-order valence-corrected chi connectivity index (χ2v) is 7.32. The van der Waals surface area contributed by atoms with Crippen LogP contribution < -0.4 is 0 Å². The van der Waals surface area contributed by atoms with Crippen molar-refractivity contribution in [1.29, 1.82) is 0 Å². The van der Waals surface area contributed by atoms with Crippen molar-refractivity contribution in [3.05, 3.63) is 71.3 Å². The minimum atomic E-state index is 0.509. The first-order chi connectivity index (χ1) is 11.3. The molecule has 0 heterocycles. The molecule has 2 atom stereocenters. The Morgan fingerprint density at radius 3 is 2.43 bits per heavy atom. The van der Waals surface area contributed by atoms with Crippen LogP contribution in [0.3, 0.4) is 0 Å². The molecule has 0 saturated heterocycles. The third-order valence-corrected chi connectivity index (χ3v) is 6.00. The van der Waals surface area contributed by atoms with E-state index in [2.05, 4.69) is 68.4 Å². The van der Waals surface area contributed by atoms with E-state index in [0.717, 1.165) is 0 Å². The molecule has 0 amide bonds. The lowest BCUT2D eigenvalue weighted by Crippen LogP contribution is -2.22. The summed E-state index contributed by atoms with van der Waals surface area (Å²) in [4.78, 5) is 0. The third kappa shape index (κ3) is 3.52. The molecular weight excluding hydrogens is 276 g/mol. The van der Waals surface area contributed by atoms with Crippen LogP contribution in [0, 0.1) is 5.41 Å². The van der Waals surface area contributed by atoms with E-state index in [1.807, 2.05) is 0 Å². The van der Waals surface area contributed by atoms with Crippen molar-refractivity contribution >= 4 is 0 Å². The molecule has 0 N–H and O–H groups in total. The number of aryl methyl sites for hydroxylation is 1. The van der Waals surface area contributed by atoms with Gasteiger partial charge in [0.25, 0.3) is 0 Å². The summed E-state index contributed by atoms with van der Waals surface area (Å²) in [6.45, 7) is 4.73. The highest BCUT2D eigenvalue weighted by atomic mass is 14.4. The van der Waals surface area contributed by atoms with E-state index < -0.39 is 0 Å². The standard InChI is InChI=1S/C23H30/c1-3-5-16-23(4-2)17-15-20-13-9-10-14-21(20)22(18-23)19-11-7-6-8-12-19/h6-14,22H,3-5,15-18H2,1-2H3/t22-,23-/m1/s1. The van der Waals surface area contributed by atoms with Gasteiger partial charge < -0.3 is 0 Å². The average Bonchev–Trinajstić information content (AvgIpc) is 2.79. The normalized spacial score (nSPS) is 24.0. The SMILES string of the molecule is CCCC[C@]1(CC)CCc2ccccc2[C@@H](c2ccccc2)C1. The molecule has 23 heavy (non-hydrogen) atoms. The summed E-state index contributed by atoms with van der Waals surface area (Å²) in [5.41, 5.74) is 5.16. The van der Waals surface area contributed by atoms with Crippen LogP contribution in [0.15, 0.2) is 54.6 Å². The van der Waals surface area contributed by atoms with Crippen molar-refractivity contribution < 1.29 is 0 Å². The number of hydrogen-bond donors (Lipinski definition) is 0.